The van der Waals surface area contributed by atoms with E-state index < -0.39 is 6.10 Å². The van der Waals surface area contributed by atoms with Crippen LogP contribution in [0.1, 0.15) is 0 Å². The highest BCUT2D eigenvalue weighted by Gasteiger charge is 2.05. The summed E-state index contributed by atoms with van der Waals surface area (Å²) in [6.07, 6.45) is -0.519. The summed E-state index contributed by atoms with van der Waals surface area (Å²) in [7, 11) is 0. The molecule has 0 aromatic heterocycles. The molecule has 0 aliphatic heterocycles. The largest absolute Gasteiger partial charge is 0.489 e. The number of rotatable bonds is 4. The van der Waals surface area contributed by atoms with Crippen LogP contribution in [0.2, 0.25) is 5.02 Å². The van der Waals surface area contributed by atoms with Gasteiger partial charge in [0.2, 0.25) is 0 Å². The van der Waals surface area contributed by atoms with Crippen LogP contribution in [0, 0.1) is 0 Å². The molecule has 1 unspecified atom stereocenters. The molecular formula is C9H9Br2ClO2. The Labute approximate surface area is 104 Å². The van der Waals surface area contributed by atoms with Gasteiger partial charge in [0.05, 0.1) is 11.1 Å². The van der Waals surface area contributed by atoms with E-state index in [0.717, 1.165) is 4.47 Å². The molecule has 78 valence electrons. The third-order valence-corrected chi connectivity index (χ3v) is 3.04. The summed E-state index contributed by atoms with van der Waals surface area (Å²) in [5.41, 5.74) is 0. The van der Waals surface area contributed by atoms with Crippen LogP contribution in [0.15, 0.2) is 22.7 Å². The van der Waals surface area contributed by atoms with Gasteiger partial charge in [0, 0.05) is 9.80 Å². The second-order valence-corrected chi connectivity index (χ2v) is 4.66. The molecular weight excluding hydrogens is 335 g/mol. The number of halogens is 3. The molecule has 1 N–H and O–H groups in total. The van der Waals surface area contributed by atoms with E-state index >= 15 is 0 Å². The highest BCUT2D eigenvalue weighted by Crippen LogP contribution is 2.27. The van der Waals surface area contributed by atoms with E-state index in [2.05, 4.69) is 31.9 Å². The Morgan fingerprint density at radius 3 is 2.79 bits per heavy atom. The first-order valence-corrected chi connectivity index (χ1v) is 6.24. The lowest BCUT2D eigenvalue weighted by molar-refractivity contribution is 0.127. The fourth-order valence-electron chi connectivity index (χ4n) is 0.823. The first-order chi connectivity index (χ1) is 6.63. The van der Waals surface area contributed by atoms with E-state index in [9.17, 15) is 5.11 Å². The Bertz CT molecular complexity index is 307. The summed E-state index contributed by atoms with van der Waals surface area (Å²) in [5.74, 6) is 0.579. The molecule has 0 heterocycles. The topological polar surface area (TPSA) is 29.5 Å². The molecule has 1 atom stereocenters. The highest BCUT2D eigenvalue weighted by molar-refractivity contribution is 9.10. The Balaban J connectivity index is 2.59. The average Bonchev–Trinajstić information content (AvgIpc) is 2.16. The Kier molecular flexibility index (Phi) is 5.23. The lowest BCUT2D eigenvalue weighted by Crippen LogP contribution is -2.18. The summed E-state index contributed by atoms with van der Waals surface area (Å²) in [5, 5.41) is 10.3. The third-order valence-electron chi connectivity index (χ3n) is 1.50. The van der Waals surface area contributed by atoms with Crippen molar-refractivity contribution < 1.29 is 9.84 Å². The SMILES string of the molecule is OC(CBr)COc1ccc(Br)cc1Cl. The van der Waals surface area contributed by atoms with Crippen molar-refractivity contribution in [3.63, 3.8) is 0 Å². The van der Waals surface area contributed by atoms with Crippen LogP contribution in [-0.2, 0) is 0 Å². The maximum Gasteiger partial charge on any atom is 0.138 e. The lowest BCUT2D eigenvalue weighted by Gasteiger charge is -2.10. The zero-order valence-corrected chi connectivity index (χ0v) is 11.1. The molecule has 14 heavy (non-hydrogen) atoms. The van der Waals surface area contributed by atoms with E-state index in [-0.39, 0.29) is 6.61 Å². The fraction of sp³-hybridized carbons (Fsp3) is 0.333. The second-order valence-electron chi connectivity index (χ2n) is 2.69. The smallest absolute Gasteiger partial charge is 0.138 e. The number of hydrogen-bond donors (Lipinski definition) is 1. The molecule has 0 radical (unpaired) electrons. The first kappa shape index (κ1) is 12.3. The standard InChI is InChI=1S/C9H9Br2ClO2/c10-4-7(13)5-14-9-2-1-6(11)3-8(9)12/h1-3,7,13H,4-5H2. The number of aliphatic hydroxyl groups is 1. The number of hydrogen-bond acceptors (Lipinski definition) is 2. The highest BCUT2D eigenvalue weighted by atomic mass is 79.9. The van der Waals surface area contributed by atoms with Crippen LogP contribution in [-0.4, -0.2) is 23.1 Å². The van der Waals surface area contributed by atoms with E-state index in [4.69, 9.17) is 16.3 Å². The molecule has 1 aromatic carbocycles. The van der Waals surface area contributed by atoms with Gasteiger partial charge in [-0.05, 0) is 18.2 Å². The van der Waals surface area contributed by atoms with Gasteiger partial charge in [0.15, 0.2) is 0 Å². The maximum atomic E-state index is 9.24. The number of ether oxygens (including phenoxy) is 1. The zero-order chi connectivity index (χ0) is 10.6. The van der Waals surface area contributed by atoms with E-state index in [1.807, 2.05) is 6.07 Å². The molecule has 0 amide bonds. The van der Waals surface area contributed by atoms with Crippen molar-refractivity contribution in [2.24, 2.45) is 0 Å². The minimum absolute atomic E-state index is 0.229. The molecule has 0 aliphatic rings. The molecule has 0 bridgehead atoms. The van der Waals surface area contributed by atoms with Gasteiger partial charge in [-0.25, -0.2) is 0 Å². The van der Waals surface area contributed by atoms with Gasteiger partial charge in [0.1, 0.15) is 12.4 Å². The van der Waals surface area contributed by atoms with Gasteiger partial charge in [-0.2, -0.15) is 0 Å². The van der Waals surface area contributed by atoms with Crippen molar-refractivity contribution in [3.8, 4) is 5.75 Å². The van der Waals surface area contributed by atoms with Crippen LogP contribution in [0.25, 0.3) is 0 Å². The van der Waals surface area contributed by atoms with Gasteiger partial charge in [-0.15, -0.1) is 0 Å². The summed E-state index contributed by atoms with van der Waals surface area (Å²) < 4.78 is 6.21. The van der Waals surface area contributed by atoms with Gasteiger partial charge in [0.25, 0.3) is 0 Å². The van der Waals surface area contributed by atoms with Crippen LogP contribution in [0.3, 0.4) is 0 Å². The lowest BCUT2D eigenvalue weighted by atomic mass is 10.3. The van der Waals surface area contributed by atoms with Crippen LogP contribution < -0.4 is 4.74 Å². The molecule has 0 saturated heterocycles. The van der Waals surface area contributed by atoms with Gasteiger partial charge < -0.3 is 9.84 Å². The molecule has 5 heteroatoms. The third kappa shape index (κ3) is 3.77. The number of benzene rings is 1. The number of aliphatic hydroxyl groups excluding tert-OH is 1. The van der Waals surface area contributed by atoms with Crippen molar-refractivity contribution in [2.45, 2.75) is 6.10 Å². The van der Waals surface area contributed by atoms with Gasteiger partial charge in [-0.3, -0.25) is 0 Å². The van der Waals surface area contributed by atoms with Crippen LogP contribution in [0.4, 0.5) is 0 Å². The molecule has 0 aliphatic carbocycles. The first-order valence-electron chi connectivity index (χ1n) is 3.95. The van der Waals surface area contributed by atoms with E-state index in [1.165, 1.54) is 0 Å². The maximum absolute atomic E-state index is 9.24. The Morgan fingerprint density at radius 2 is 2.21 bits per heavy atom. The van der Waals surface area contributed by atoms with Crippen molar-refractivity contribution in [3.05, 3.63) is 27.7 Å². The minimum atomic E-state index is -0.519. The molecule has 0 spiro atoms. The molecule has 0 fully saturated rings. The summed E-state index contributed by atoms with van der Waals surface area (Å²) in [6, 6.07) is 5.34. The molecule has 1 aromatic rings. The summed E-state index contributed by atoms with van der Waals surface area (Å²) in [6.45, 7) is 0.229. The fourth-order valence-corrected chi connectivity index (χ4v) is 1.74. The van der Waals surface area contributed by atoms with Crippen LogP contribution >= 0.6 is 43.5 Å². The van der Waals surface area contributed by atoms with Crippen molar-refractivity contribution in [1.82, 2.24) is 0 Å². The summed E-state index contributed by atoms with van der Waals surface area (Å²) in [4.78, 5) is 0. The monoisotopic (exact) mass is 342 g/mol. The van der Waals surface area contributed by atoms with Crippen LogP contribution in [0.5, 0.6) is 5.75 Å². The zero-order valence-electron chi connectivity index (χ0n) is 7.21. The van der Waals surface area contributed by atoms with E-state index in [1.54, 1.807) is 12.1 Å². The minimum Gasteiger partial charge on any atom is -0.489 e. The van der Waals surface area contributed by atoms with Gasteiger partial charge >= 0.3 is 0 Å². The predicted molar refractivity (Wildman–Crippen MR) is 64.4 cm³/mol. The predicted octanol–water partition coefficient (Wildman–Crippen LogP) is 3.24. The van der Waals surface area contributed by atoms with Crippen molar-refractivity contribution >= 4 is 43.5 Å². The second kappa shape index (κ2) is 5.95. The molecule has 0 saturated carbocycles. The Hall–Kier alpha value is 0.230. The number of alkyl halides is 1. The Morgan fingerprint density at radius 1 is 1.50 bits per heavy atom. The van der Waals surface area contributed by atoms with E-state index in [0.29, 0.717) is 16.1 Å². The van der Waals surface area contributed by atoms with Crippen molar-refractivity contribution in [2.75, 3.05) is 11.9 Å². The average molecular weight is 344 g/mol. The molecule has 2 nitrogen and oxygen atoms in total. The molecule has 1 rings (SSSR count). The summed E-state index contributed by atoms with van der Waals surface area (Å²) >= 11 is 12.3. The van der Waals surface area contributed by atoms with Crippen molar-refractivity contribution in [1.29, 1.82) is 0 Å². The quantitative estimate of drug-likeness (QED) is 0.850. The normalized spacial score (nSPS) is 12.6. The van der Waals surface area contributed by atoms with Gasteiger partial charge in [-0.1, -0.05) is 43.5 Å².